The van der Waals surface area contributed by atoms with Crippen molar-refractivity contribution in [2.24, 2.45) is 0 Å². The summed E-state index contributed by atoms with van der Waals surface area (Å²) in [5.74, 6) is 0. The van der Waals surface area contributed by atoms with Gasteiger partial charge in [0.15, 0.2) is 0 Å². The molecule has 3 rings (SSSR count). The highest BCUT2D eigenvalue weighted by atomic mass is 35.5. The minimum Gasteiger partial charge on any atom is -0.366 e. The van der Waals surface area contributed by atoms with E-state index in [-0.39, 0.29) is 5.38 Å². The maximum absolute atomic E-state index is 6.71. The van der Waals surface area contributed by atoms with Gasteiger partial charge in [0.1, 0.15) is 0 Å². The van der Waals surface area contributed by atoms with E-state index in [1.807, 2.05) is 0 Å². The van der Waals surface area contributed by atoms with E-state index in [4.69, 9.17) is 11.6 Å². The maximum Gasteiger partial charge on any atom is 0.0760 e. The zero-order valence-electron chi connectivity index (χ0n) is 13.4. The Morgan fingerprint density at radius 1 is 1.14 bits per heavy atom. The van der Waals surface area contributed by atoms with Crippen molar-refractivity contribution in [3.8, 4) is 0 Å². The van der Waals surface area contributed by atoms with Crippen molar-refractivity contribution in [2.45, 2.75) is 44.5 Å². The van der Waals surface area contributed by atoms with Gasteiger partial charge in [-0.3, -0.25) is 0 Å². The second-order valence-corrected chi connectivity index (χ2v) is 6.82. The van der Waals surface area contributed by atoms with Crippen LogP contribution in [0.5, 0.6) is 0 Å². The molecule has 0 N–H and O–H groups in total. The molecule has 0 saturated carbocycles. The van der Waals surface area contributed by atoms with Crippen molar-refractivity contribution in [2.75, 3.05) is 11.4 Å². The summed E-state index contributed by atoms with van der Waals surface area (Å²) in [5.41, 5.74) is 5.41. The van der Waals surface area contributed by atoms with Gasteiger partial charge < -0.3 is 4.90 Å². The zero-order valence-corrected chi connectivity index (χ0v) is 14.2. The zero-order chi connectivity index (χ0) is 15.5. The molecule has 1 nitrogen and oxygen atoms in total. The van der Waals surface area contributed by atoms with Crippen molar-refractivity contribution in [1.82, 2.24) is 0 Å². The first-order valence-corrected chi connectivity index (χ1v) is 8.70. The smallest absolute Gasteiger partial charge is 0.0760 e. The third-order valence-corrected chi connectivity index (χ3v) is 4.98. The monoisotopic (exact) mass is 313 g/mol. The normalized spacial score (nSPS) is 18.3. The van der Waals surface area contributed by atoms with E-state index < -0.39 is 0 Å². The molecule has 2 aromatic carbocycles. The van der Waals surface area contributed by atoms with Crippen molar-refractivity contribution in [3.63, 3.8) is 0 Å². The number of benzene rings is 2. The standard InChI is InChI=1S/C20H24ClN/c1-3-6-16-9-11-17(12-10-16)19(21)14-22-15(2)13-18-7-4-5-8-20(18)22/h4-5,7-12,15,19H,3,6,13-14H2,1-2H3. The molecule has 0 aromatic heterocycles. The van der Waals surface area contributed by atoms with Crippen LogP contribution in [-0.4, -0.2) is 12.6 Å². The SMILES string of the molecule is CCCc1ccc(C(Cl)CN2c3ccccc3CC2C)cc1. The van der Waals surface area contributed by atoms with Crippen LogP contribution in [0.25, 0.3) is 0 Å². The van der Waals surface area contributed by atoms with Crippen LogP contribution in [0, 0.1) is 0 Å². The molecule has 2 atom stereocenters. The van der Waals surface area contributed by atoms with Gasteiger partial charge in [-0.1, -0.05) is 55.8 Å². The second kappa shape index (κ2) is 6.75. The van der Waals surface area contributed by atoms with Crippen molar-refractivity contribution < 1.29 is 0 Å². The average Bonchev–Trinajstić information content (AvgIpc) is 2.84. The summed E-state index contributed by atoms with van der Waals surface area (Å²) in [7, 11) is 0. The molecule has 0 fully saturated rings. The molecule has 0 saturated heterocycles. The molecule has 1 heterocycles. The number of para-hydroxylation sites is 1. The highest BCUT2D eigenvalue weighted by Gasteiger charge is 2.27. The number of aryl methyl sites for hydroxylation is 1. The van der Waals surface area contributed by atoms with Crippen LogP contribution < -0.4 is 4.90 Å². The first-order valence-electron chi connectivity index (χ1n) is 8.26. The Bertz CT molecular complexity index is 620. The summed E-state index contributed by atoms with van der Waals surface area (Å²) >= 11 is 6.71. The van der Waals surface area contributed by atoms with E-state index in [0.29, 0.717) is 6.04 Å². The van der Waals surface area contributed by atoms with Gasteiger partial charge in [0.2, 0.25) is 0 Å². The Morgan fingerprint density at radius 3 is 2.59 bits per heavy atom. The highest BCUT2D eigenvalue weighted by Crippen LogP contribution is 2.34. The first kappa shape index (κ1) is 15.4. The number of anilines is 1. The topological polar surface area (TPSA) is 3.24 Å². The third-order valence-electron chi connectivity index (χ3n) is 4.59. The number of hydrogen-bond acceptors (Lipinski definition) is 1. The number of fused-ring (bicyclic) bond motifs is 1. The van der Waals surface area contributed by atoms with Gasteiger partial charge in [-0.05, 0) is 42.5 Å². The Kier molecular flexibility index (Phi) is 4.73. The predicted molar refractivity (Wildman–Crippen MR) is 96.0 cm³/mol. The van der Waals surface area contributed by atoms with Gasteiger partial charge in [0, 0.05) is 18.3 Å². The van der Waals surface area contributed by atoms with Gasteiger partial charge in [-0.15, -0.1) is 11.6 Å². The summed E-state index contributed by atoms with van der Waals surface area (Å²) in [4.78, 5) is 2.45. The molecule has 1 aliphatic rings. The van der Waals surface area contributed by atoms with Crippen LogP contribution in [0.4, 0.5) is 5.69 Å². The molecular formula is C20H24ClN. The van der Waals surface area contributed by atoms with Crippen LogP contribution in [0.15, 0.2) is 48.5 Å². The van der Waals surface area contributed by atoms with Crippen LogP contribution in [0.2, 0.25) is 0 Å². The second-order valence-electron chi connectivity index (χ2n) is 6.29. The minimum absolute atomic E-state index is 0.0317. The lowest BCUT2D eigenvalue weighted by Crippen LogP contribution is -2.32. The van der Waals surface area contributed by atoms with Crippen LogP contribution in [0.3, 0.4) is 0 Å². The van der Waals surface area contributed by atoms with Crippen molar-refractivity contribution in [1.29, 1.82) is 0 Å². The first-order chi connectivity index (χ1) is 10.7. The molecule has 2 heteroatoms. The molecule has 0 aliphatic carbocycles. The van der Waals surface area contributed by atoms with Crippen LogP contribution in [0.1, 0.15) is 42.3 Å². The fourth-order valence-corrected chi connectivity index (χ4v) is 3.66. The molecule has 0 bridgehead atoms. The van der Waals surface area contributed by atoms with E-state index in [1.54, 1.807) is 0 Å². The lowest BCUT2D eigenvalue weighted by atomic mass is 10.1. The Balaban J connectivity index is 1.72. The van der Waals surface area contributed by atoms with Gasteiger partial charge in [0.25, 0.3) is 0 Å². The molecule has 2 unspecified atom stereocenters. The Morgan fingerprint density at radius 2 is 1.86 bits per heavy atom. The molecule has 0 radical (unpaired) electrons. The summed E-state index contributed by atoms with van der Waals surface area (Å²) < 4.78 is 0. The molecule has 22 heavy (non-hydrogen) atoms. The number of rotatable bonds is 5. The quantitative estimate of drug-likeness (QED) is 0.671. The fourth-order valence-electron chi connectivity index (χ4n) is 3.37. The largest absolute Gasteiger partial charge is 0.366 e. The van der Waals surface area contributed by atoms with Crippen LogP contribution in [-0.2, 0) is 12.8 Å². The number of nitrogens with zero attached hydrogens (tertiary/aromatic N) is 1. The molecule has 0 amide bonds. The summed E-state index contributed by atoms with van der Waals surface area (Å²) in [5, 5.41) is 0.0317. The minimum atomic E-state index is 0.0317. The van der Waals surface area contributed by atoms with Gasteiger partial charge in [-0.2, -0.15) is 0 Å². The highest BCUT2D eigenvalue weighted by molar-refractivity contribution is 6.21. The Labute approximate surface area is 138 Å². The average molecular weight is 314 g/mol. The summed E-state index contributed by atoms with van der Waals surface area (Å²) in [6, 6.07) is 18.0. The summed E-state index contributed by atoms with van der Waals surface area (Å²) in [6.07, 6.45) is 3.45. The van der Waals surface area contributed by atoms with Crippen molar-refractivity contribution in [3.05, 3.63) is 65.2 Å². The lowest BCUT2D eigenvalue weighted by Gasteiger charge is -2.27. The molecule has 1 aliphatic heterocycles. The molecule has 116 valence electrons. The van der Waals surface area contributed by atoms with E-state index >= 15 is 0 Å². The van der Waals surface area contributed by atoms with Gasteiger partial charge in [0.05, 0.1) is 5.38 Å². The van der Waals surface area contributed by atoms with E-state index in [9.17, 15) is 0 Å². The van der Waals surface area contributed by atoms with E-state index in [2.05, 4.69) is 67.3 Å². The molecule has 0 spiro atoms. The van der Waals surface area contributed by atoms with E-state index in [1.165, 1.54) is 28.8 Å². The fraction of sp³-hybridized carbons (Fsp3) is 0.400. The Hall–Kier alpha value is -1.47. The van der Waals surface area contributed by atoms with Crippen molar-refractivity contribution >= 4 is 17.3 Å². The summed E-state index contributed by atoms with van der Waals surface area (Å²) in [6.45, 7) is 5.37. The van der Waals surface area contributed by atoms with Gasteiger partial charge in [-0.25, -0.2) is 0 Å². The lowest BCUT2D eigenvalue weighted by molar-refractivity contribution is 0.662. The number of hydrogen-bond donors (Lipinski definition) is 0. The van der Waals surface area contributed by atoms with Crippen LogP contribution >= 0.6 is 11.6 Å². The number of alkyl halides is 1. The molecule has 2 aromatic rings. The predicted octanol–water partition coefficient (Wildman–Crippen LogP) is 5.37. The van der Waals surface area contributed by atoms with E-state index in [0.717, 1.165) is 19.4 Å². The third kappa shape index (κ3) is 3.15. The molecular weight excluding hydrogens is 290 g/mol. The van der Waals surface area contributed by atoms with Gasteiger partial charge >= 0.3 is 0 Å². The number of halogens is 1. The maximum atomic E-state index is 6.71.